The van der Waals surface area contributed by atoms with E-state index in [4.69, 9.17) is 23.2 Å². The molecule has 2 N–H and O–H groups in total. The van der Waals surface area contributed by atoms with Gasteiger partial charge in [0.25, 0.3) is 0 Å². The highest BCUT2D eigenvalue weighted by Crippen LogP contribution is 2.56. The van der Waals surface area contributed by atoms with E-state index in [-0.39, 0.29) is 28.3 Å². The lowest BCUT2D eigenvalue weighted by molar-refractivity contribution is -0.131. The molecular weight excluding hydrogens is 464 g/mol. The van der Waals surface area contributed by atoms with Gasteiger partial charge in [-0.15, -0.1) is 0 Å². The van der Waals surface area contributed by atoms with Gasteiger partial charge >= 0.3 is 0 Å². The molecule has 1 fully saturated rings. The van der Waals surface area contributed by atoms with E-state index in [0.29, 0.717) is 22.7 Å². The molecule has 4 rings (SSSR count). The smallest absolute Gasteiger partial charge is 0.239 e. The number of hydrogen-bond donors (Lipinski definition) is 2. The molecule has 2 aromatic rings. The summed E-state index contributed by atoms with van der Waals surface area (Å²) in [7, 11) is 3.35. The van der Waals surface area contributed by atoms with Crippen LogP contribution in [0.5, 0.6) is 0 Å². The number of nitrogens with one attached hydrogen (secondary N) is 2. The molecule has 4 atom stereocenters. The fraction of sp³-hybridized carbons (Fsp3) is 0.440. The van der Waals surface area contributed by atoms with E-state index in [1.54, 1.807) is 32.3 Å². The molecule has 5 nitrogen and oxygen atoms in total. The fourth-order valence-corrected chi connectivity index (χ4v) is 5.68. The van der Waals surface area contributed by atoms with Crippen molar-refractivity contribution in [3.8, 4) is 0 Å². The maximum Gasteiger partial charge on any atom is 0.239 e. The van der Waals surface area contributed by atoms with Gasteiger partial charge < -0.3 is 15.5 Å². The summed E-state index contributed by atoms with van der Waals surface area (Å²) < 4.78 is 14.6. The zero-order valence-electron chi connectivity index (χ0n) is 19.3. The molecule has 2 aromatic carbocycles. The lowest BCUT2D eigenvalue weighted by Gasteiger charge is -2.37. The van der Waals surface area contributed by atoms with Crippen molar-refractivity contribution in [2.45, 2.75) is 50.6 Å². The van der Waals surface area contributed by atoms with Crippen LogP contribution < -0.4 is 10.6 Å². The quantitative estimate of drug-likeness (QED) is 0.636. The van der Waals surface area contributed by atoms with Crippen LogP contribution in [0, 0.1) is 11.2 Å². The summed E-state index contributed by atoms with van der Waals surface area (Å²) in [6.45, 7) is 6.28. The third-order valence-electron chi connectivity index (χ3n) is 6.63. The van der Waals surface area contributed by atoms with Crippen LogP contribution in [-0.4, -0.2) is 42.9 Å². The zero-order chi connectivity index (χ0) is 24.3. The number of carbonyl (C=O) groups is 2. The van der Waals surface area contributed by atoms with Crippen molar-refractivity contribution in [2.24, 2.45) is 5.41 Å². The van der Waals surface area contributed by atoms with E-state index < -0.39 is 23.2 Å². The maximum atomic E-state index is 14.6. The summed E-state index contributed by atoms with van der Waals surface area (Å²) in [6, 6.07) is 8.72. The minimum absolute atomic E-state index is 0.0106. The second-order valence-electron chi connectivity index (χ2n) is 10.4. The summed E-state index contributed by atoms with van der Waals surface area (Å²) in [4.78, 5) is 28.8. The molecule has 0 radical (unpaired) electrons. The lowest BCUT2D eigenvalue weighted by atomic mass is 9.62. The molecule has 0 aliphatic carbocycles. The van der Waals surface area contributed by atoms with Crippen LogP contribution in [0.1, 0.15) is 44.2 Å². The number of nitrogens with zero attached hydrogens (tertiary/aromatic N) is 1. The van der Waals surface area contributed by atoms with Crippen molar-refractivity contribution in [3.63, 3.8) is 0 Å². The van der Waals surface area contributed by atoms with E-state index in [1.807, 2.05) is 6.07 Å². The van der Waals surface area contributed by atoms with Crippen LogP contribution in [0.15, 0.2) is 36.4 Å². The Hall–Kier alpha value is -2.15. The van der Waals surface area contributed by atoms with Gasteiger partial charge in [-0.2, -0.15) is 0 Å². The summed E-state index contributed by atoms with van der Waals surface area (Å²) in [5.41, 5.74) is 0.633. The Morgan fingerprint density at radius 1 is 1.15 bits per heavy atom. The summed E-state index contributed by atoms with van der Waals surface area (Å²) >= 11 is 12.2. The van der Waals surface area contributed by atoms with Gasteiger partial charge in [0, 0.05) is 36.8 Å². The number of amides is 2. The van der Waals surface area contributed by atoms with Crippen LogP contribution in [0.3, 0.4) is 0 Å². The predicted molar refractivity (Wildman–Crippen MR) is 129 cm³/mol. The fourth-order valence-electron chi connectivity index (χ4n) is 5.39. The highest BCUT2D eigenvalue weighted by Gasteiger charge is 2.65. The molecule has 2 amide bonds. The number of likely N-dealkylation sites (N-methyl/N-ethyl adjacent to an activating group) is 1. The second kappa shape index (κ2) is 8.26. The minimum Gasteiger partial charge on any atom is -0.347 e. The number of rotatable bonds is 3. The molecule has 1 spiro atoms. The normalized spacial score (nSPS) is 26.4. The van der Waals surface area contributed by atoms with Crippen molar-refractivity contribution in [1.29, 1.82) is 0 Å². The van der Waals surface area contributed by atoms with Gasteiger partial charge in [0.2, 0.25) is 11.8 Å². The molecule has 0 bridgehead atoms. The lowest BCUT2D eigenvalue weighted by Crippen LogP contribution is -2.49. The monoisotopic (exact) mass is 491 g/mol. The molecule has 2 aliphatic heterocycles. The minimum atomic E-state index is -1.14. The van der Waals surface area contributed by atoms with E-state index in [0.717, 1.165) is 5.56 Å². The largest absolute Gasteiger partial charge is 0.347 e. The Morgan fingerprint density at radius 2 is 1.85 bits per heavy atom. The highest BCUT2D eigenvalue weighted by molar-refractivity contribution is 6.31. The van der Waals surface area contributed by atoms with E-state index >= 15 is 0 Å². The molecule has 0 aromatic heterocycles. The van der Waals surface area contributed by atoms with Gasteiger partial charge in [-0.1, -0.05) is 56.1 Å². The maximum absolute atomic E-state index is 14.6. The number of anilines is 1. The van der Waals surface area contributed by atoms with Crippen LogP contribution in [0.25, 0.3) is 0 Å². The number of fused-ring (bicyclic) bond motifs is 2. The Morgan fingerprint density at radius 3 is 2.45 bits per heavy atom. The van der Waals surface area contributed by atoms with E-state index in [1.165, 1.54) is 17.0 Å². The van der Waals surface area contributed by atoms with Gasteiger partial charge in [0.15, 0.2) is 0 Å². The summed E-state index contributed by atoms with van der Waals surface area (Å²) in [5, 5.41) is 6.97. The number of hydrogen-bond acceptors (Lipinski definition) is 3. The molecule has 176 valence electrons. The molecule has 8 heteroatoms. The van der Waals surface area contributed by atoms with Crippen molar-refractivity contribution < 1.29 is 14.0 Å². The van der Waals surface area contributed by atoms with Gasteiger partial charge in [0.05, 0.1) is 11.1 Å². The van der Waals surface area contributed by atoms with Crippen molar-refractivity contribution in [2.75, 3.05) is 19.4 Å². The third-order valence-corrected chi connectivity index (χ3v) is 7.17. The molecule has 2 heterocycles. The molecule has 0 unspecified atom stereocenters. The molecular formula is C25H28Cl2FN3O2. The summed E-state index contributed by atoms with van der Waals surface area (Å²) in [6.07, 6.45) is 0.617. The van der Waals surface area contributed by atoms with Crippen molar-refractivity contribution in [3.05, 3.63) is 63.4 Å². The molecule has 33 heavy (non-hydrogen) atoms. The van der Waals surface area contributed by atoms with Gasteiger partial charge in [-0.25, -0.2) is 4.39 Å². The Kier molecular flexibility index (Phi) is 6.00. The SMILES string of the molecule is CN(C)C(=O)[C@@H]1N[C@H](CC(C)(C)C)[C@]2(C(=O)Nc3cc(Cl)ccc32)[C@H]1c1ccc(Cl)c(F)c1. The second-order valence-corrected chi connectivity index (χ2v) is 11.2. The van der Waals surface area contributed by atoms with E-state index in [2.05, 4.69) is 31.4 Å². The number of carbonyl (C=O) groups excluding carboxylic acids is 2. The predicted octanol–water partition coefficient (Wildman–Crippen LogP) is 4.97. The van der Waals surface area contributed by atoms with E-state index in [9.17, 15) is 14.0 Å². The Labute approximate surface area is 203 Å². The first-order valence-corrected chi connectivity index (χ1v) is 11.7. The van der Waals surface area contributed by atoms with Crippen molar-refractivity contribution >= 4 is 40.7 Å². The number of benzene rings is 2. The zero-order valence-corrected chi connectivity index (χ0v) is 20.8. The molecule has 2 aliphatic rings. The van der Waals surface area contributed by atoms with Gasteiger partial charge in [-0.3, -0.25) is 9.59 Å². The highest BCUT2D eigenvalue weighted by atomic mass is 35.5. The average Bonchev–Trinajstić information content (AvgIpc) is 3.17. The number of halogens is 3. The van der Waals surface area contributed by atoms with Crippen LogP contribution in [0.4, 0.5) is 10.1 Å². The van der Waals surface area contributed by atoms with Gasteiger partial charge in [0.1, 0.15) is 11.2 Å². The standard InChI is InChI=1S/C25H28Cl2FN3O2/c1-24(2,3)12-19-25(15-8-7-14(26)11-18(15)29-23(25)33)20(21(30-19)22(32)31(4)5)13-6-9-16(27)17(28)10-13/h6-11,19-21,30H,12H2,1-5H3,(H,29,33)/t19-,20+,21-,25+/m1/s1. The third kappa shape index (κ3) is 3.92. The first kappa shape index (κ1) is 24.0. The Bertz CT molecular complexity index is 1130. The topological polar surface area (TPSA) is 61.4 Å². The average molecular weight is 492 g/mol. The first-order valence-electron chi connectivity index (χ1n) is 10.9. The van der Waals surface area contributed by atoms with Crippen LogP contribution in [0.2, 0.25) is 10.0 Å². The van der Waals surface area contributed by atoms with Crippen LogP contribution >= 0.6 is 23.2 Å². The van der Waals surface area contributed by atoms with Crippen molar-refractivity contribution in [1.82, 2.24) is 10.2 Å². The first-order chi connectivity index (χ1) is 15.4. The molecule has 0 saturated carbocycles. The molecule has 1 saturated heterocycles. The van der Waals surface area contributed by atoms with Crippen LogP contribution in [-0.2, 0) is 15.0 Å². The Balaban J connectivity index is 2.02. The summed E-state index contributed by atoms with van der Waals surface area (Å²) in [5.74, 6) is -1.65. The van der Waals surface area contributed by atoms with Gasteiger partial charge in [-0.05, 0) is 47.2 Å².